The highest BCUT2D eigenvalue weighted by Crippen LogP contribution is 2.49. The Bertz CT molecular complexity index is 2840. The highest BCUT2D eigenvalue weighted by Gasteiger charge is 2.49. The number of hydrogen-bond donors (Lipinski definition) is 4. The summed E-state index contributed by atoms with van der Waals surface area (Å²) in [5.74, 6) is 0.596. The van der Waals surface area contributed by atoms with Gasteiger partial charge in [0.05, 0.1) is 34.1 Å². The average molecular weight is 948 g/mol. The maximum Gasteiger partial charge on any atom is 0.297 e. The predicted octanol–water partition coefficient (Wildman–Crippen LogP) is 8.87. The van der Waals surface area contributed by atoms with Crippen LogP contribution in [0.5, 0.6) is 23.1 Å². The number of nitrogens with one attached hydrogen (secondary N) is 3. The van der Waals surface area contributed by atoms with Crippen LogP contribution in [0.3, 0.4) is 0 Å². The lowest BCUT2D eigenvalue weighted by Crippen LogP contribution is -2.63. The Hall–Kier alpha value is -5.91. The van der Waals surface area contributed by atoms with E-state index in [-0.39, 0.29) is 58.4 Å². The van der Waals surface area contributed by atoms with E-state index < -0.39 is 37.0 Å². The summed E-state index contributed by atoms with van der Waals surface area (Å²) in [5, 5.41) is 26.9. The minimum Gasteiger partial charge on any atom is -0.489 e. The molecule has 0 bridgehead atoms. The van der Waals surface area contributed by atoms with Gasteiger partial charge in [-0.05, 0) is 117 Å². The highest BCUT2D eigenvalue weighted by molar-refractivity contribution is 7.90. The van der Waals surface area contributed by atoms with Gasteiger partial charge in [0, 0.05) is 67.7 Å². The van der Waals surface area contributed by atoms with Gasteiger partial charge in [-0.3, -0.25) is 19.8 Å². The van der Waals surface area contributed by atoms with Crippen molar-refractivity contribution in [3.05, 3.63) is 99.7 Å². The number of carbonyl (C=O) groups excluding carboxylic acids is 1. The van der Waals surface area contributed by atoms with E-state index in [2.05, 4.69) is 67.9 Å². The number of benzene rings is 3. The van der Waals surface area contributed by atoms with Crippen LogP contribution in [0, 0.1) is 21.4 Å². The molecule has 16 nitrogen and oxygen atoms in total. The van der Waals surface area contributed by atoms with Crippen LogP contribution in [-0.4, -0.2) is 96.8 Å². The fourth-order valence-electron chi connectivity index (χ4n) is 11.7. The second-order valence-corrected chi connectivity index (χ2v) is 22.1. The lowest BCUT2D eigenvalue weighted by Gasteiger charge is -2.57. The number of nitro groups is 1. The number of anilines is 2. The maximum atomic E-state index is 14.2. The standard InChI is InChI=1S/C51H61N7O9S/c1-31(2)36-8-5-6-9-37(36)38-10-7-11-41(38)57-29-51(30-57)19-22-56(23-20-51)34-12-13-39(43(25-34)67-45-24-33-16-21-52-47(33)54-49(45)65-4)48(59)55-68(63,64)35-26-42(58(61)62)46-44(27-35)66-28-40(53-46)32-14-17-50(3,60)18-15-32/h5-6,8-9,12-13,16,21,24-27,31-32,38,40-41,53,60H,7,10-11,14-15,17-20,22-23,28-30H2,1-4H3,(H,52,54)(H,55,59)/t32-,38-,40-,41-,50-/m1/s1. The molecule has 2 aliphatic carbocycles. The maximum absolute atomic E-state index is 14.2. The molecule has 5 heterocycles. The van der Waals surface area contributed by atoms with Crippen molar-refractivity contribution in [1.29, 1.82) is 0 Å². The SMILES string of the molecule is COc1nc2[nH]ccc2cc1Oc1cc(N2CCC3(CC2)CN([C@@H]2CCC[C@@H]2c2ccccc2C(C)C)C3)ccc1C(=O)NS(=O)(=O)c1cc2c(c([N+](=O)[O-])c1)N[C@@H]([C@H]1CC[C@](C)(O)CC1)CO2. The molecule has 1 amide bonds. The van der Waals surface area contributed by atoms with E-state index in [1.54, 1.807) is 37.4 Å². The van der Waals surface area contributed by atoms with Gasteiger partial charge in [-0.1, -0.05) is 44.5 Å². The number of H-pyrrole nitrogens is 1. The summed E-state index contributed by atoms with van der Waals surface area (Å²) in [6.07, 6.45) is 10.1. The first-order chi connectivity index (χ1) is 32.6. The molecule has 4 N–H and O–H groups in total. The van der Waals surface area contributed by atoms with Gasteiger partial charge in [0.1, 0.15) is 18.0 Å². The summed E-state index contributed by atoms with van der Waals surface area (Å²) in [7, 11) is -3.23. The van der Waals surface area contributed by atoms with Crippen LogP contribution in [-0.2, 0) is 10.0 Å². The Morgan fingerprint density at radius 1 is 1.00 bits per heavy atom. The number of nitrogens with zero attached hydrogens (tertiary/aromatic N) is 4. The largest absolute Gasteiger partial charge is 0.489 e. The van der Waals surface area contributed by atoms with E-state index in [9.17, 15) is 28.4 Å². The number of aliphatic hydroxyl groups is 1. The van der Waals surface area contributed by atoms with Crippen molar-refractivity contribution in [2.75, 3.05) is 50.1 Å². The summed E-state index contributed by atoms with van der Waals surface area (Å²) >= 11 is 0. The Morgan fingerprint density at radius 2 is 1.76 bits per heavy atom. The number of aromatic amines is 1. The first kappa shape index (κ1) is 45.9. The number of fused-ring (bicyclic) bond motifs is 2. The Morgan fingerprint density at radius 3 is 2.50 bits per heavy atom. The van der Waals surface area contributed by atoms with Gasteiger partial charge >= 0.3 is 0 Å². The number of methoxy groups -OCH3 is 1. The molecule has 68 heavy (non-hydrogen) atoms. The molecule has 3 aromatic carbocycles. The van der Waals surface area contributed by atoms with Crippen LogP contribution in [0.15, 0.2) is 77.8 Å². The van der Waals surface area contributed by atoms with Gasteiger partial charge in [0.15, 0.2) is 17.2 Å². The monoisotopic (exact) mass is 947 g/mol. The van der Waals surface area contributed by atoms with E-state index in [0.29, 0.717) is 49.2 Å². The Kier molecular flexibility index (Phi) is 12.1. The molecule has 5 aromatic rings. The third kappa shape index (κ3) is 8.84. The fraction of sp³-hybridized carbons (Fsp3) is 0.490. The van der Waals surface area contributed by atoms with Crippen molar-refractivity contribution in [2.45, 2.75) is 113 Å². The number of aromatic nitrogens is 2. The quantitative estimate of drug-likeness (QED) is 0.0683. The molecular formula is C51H61N7O9S. The molecule has 5 aliphatic rings. The van der Waals surface area contributed by atoms with E-state index >= 15 is 0 Å². The van der Waals surface area contributed by atoms with E-state index in [1.807, 2.05) is 6.07 Å². The third-order valence-corrected chi connectivity index (χ3v) is 16.8. The van der Waals surface area contributed by atoms with Crippen LogP contribution >= 0.6 is 0 Å². The van der Waals surface area contributed by atoms with Crippen molar-refractivity contribution in [3.63, 3.8) is 0 Å². The Balaban J connectivity index is 0.875. The summed E-state index contributed by atoms with van der Waals surface area (Å²) in [6, 6.07) is 20.1. The number of sulfonamides is 1. The van der Waals surface area contributed by atoms with Crippen molar-refractivity contribution in [2.24, 2.45) is 11.3 Å². The summed E-state index contributed by atoms with van der Waals surface area (Å²) < 4.78 is 48.3. The summed E-state index contributed by atoms with van der Waals surface area (Å²) in [4.78, 5) is 38.1. The van der Waals surface area contributed by atoms with Gasteiger partial charge in [-0.2, -0.15) is 4.98 Å². The number of amides is 1. The molecule has 0 radical (unpaired) electrons. The van der Waals surface area contributed by atoms with Crippen molar-refractivity contribution < 1.29 is 37.5 Å². The zero-order chi connectivity index (χ0) is 47.5. The predicted molar refractivity (Wildman–Crippen MR) is 259 cm³/mol. The number of pyridine rings is 1. The third-order valence-electron chi connectivity index (χ3n) is 15.5. The van der Waals surface area contributed by atoms with Gasteiger partial charge < -0.3 is 34.5 Å². The second kappa shape index (κ2) is 17.9. The molecule has 2 aromatic heterocycles. The van der Waals surface area contributed by atoms with Gasteiger partial charge in [0.25, 0.3) is 27.5 Å². The van der Waals surface area contributed by atoms with E-state index in [1.165, 1.54) is 43.6 Å². The van der Waals surface area contributed by atoms with Crippen molar-refractivity contribution in [3.8, 4) is 23.1 Å². The van der Waals surface area contributed by atoms with Gasteiger partial charge in [-0.25, -0.2) is 13.1 Å². The minimum atomic E-state index is -4.69. The summed E-state index contributed by atoms with van der Waals surface area (Å²) in [6.45, 7) is 10.3. The molecule has 17 heteroatoms. The van der Waals surface area contributed by atoms with Crippen molar-refractivity contribution in [1.82, 2.24) is 19.6 Å². The summed E-state index contributed by atoms with van der Waals surface area (Å²) in [5.41, 5.74) is 3.36. The van der Waals surface area contributed by atoms with Crippen LogP contribution in [0.2, 0.25) is 0 Å². The van der Waals surface area contributed by atoms with Gasteiger partial charge in [0.2, 0.25) is 0 Å². The lowest BCUT2D eigenvalue weighted by atomic mass is 9.70. The number of carbonyl (C=O) groups is 1. The van der Waals surface area contributed by atoms with E-state index in [0.717, 1.165) is 56.2 Å². The lowest BCUT2D eigenvalue weighted by molar-refractivity contribution is -0.384. The molecule has 2 saturated carbocycles. The smallest absolute Gasteiger partial charge is 0.297 e. The number of hydrogen-bond acceptors (Lipinski definition) is 13. The molecule has 0 unspecified atom stereocenters. The molecule has 10 rings (SSSR count). The van der Waals surface area contributed by atoms with Crippen LogP contribution in [0.1, 0.15) is 112 Å². The number of likely N-dealkylation sites (tertiary alicyclic amines) is 1. The molecule has 360 valence electrons. The zero-order valence-electron chi connectivity index (χ0n) is 39.1. The topological polar surface area (TPSA) is 201 Å². The minimum absolute atomic E-state index is 0.00716. The molecular weight excluding hydrogens is 887 g/mol. The number of rotatable bonds is 12. The normalized spacial score (nSPS) is 24.8. The number of nitro benzene ring substituents is 1. The van der Waals surface area contributed by atoms with Crippen LogP contribution in [0.4, 0.5) is 17.1 Å². The number of ether oxygens (including phenoxy) is 3. The highest BCUT2D eigenvalue weighted by atomic mass is 32.2. The first-order valence-electron chi connectivity index (χ1n) is 24.0. The van der Waals surface area contributed by atoms with Crippen LogP contribution < -0.4 is 29.1 Å². The Labute approximate surface area is 397 Å². The van der Waals surface area contributed by atoms with E-state index in [4.69, 9.17) is 14.2 Å². The number of piperidine rings is 1. The first-order valence-corrected chi connectivity index (χ1v) is 25.5. The van der Waals surface area contributed by atoms with Crippen molar-refractivity contribution >= 4 is 44.0 Å². The van der Waals surface area contributed by atoms with Gasteiger partial charge in [-0.15, -0.1) is 0 Å². The molecule has 2 saturated heterocycles. The average Bonchev–Trinajstić information content (AvgIpc) is 3.99. The molecule has 3 aliphatic heterocycles. The zero-order valence-corrected chi connectivity index (χ0v) is 39.9. The molecule has 3 atom stereocenters. The molecule has 1 spiro atoms. The molecule has 4 fully saturated rings. The fourth-order valence-corrected chi connectivity index (χ4v) is 12.7. The van der Waals surface area contributed by atoms with Crippen LogP contribution in [0.25, 0.3) is 11.0 Å². The second-order valence-electron chi connectivity index (χ2n) is 20.4.